The van der Waals surface area contributed by atoms with Crippen LogP contribution in [0.3, 0.4) is 0 Å². The Morgan fingerprint density at radius 3 is 3.00 bits per heavy atom. The summed E-state index contributed by atoms with van der Waals surface area (Å²) in [6.45, 7) is 2.95. The minimum absolute atomic E-state index is 0.0298. The Morgan fingerprint density at radius 2 is 2.32 bits per heavy atom. The van der Waals surface area contributed by atoms with Gasteiger partial charge in [-0.3, -0.25) is 4.57 Å². The highest BCUT2D eigenvalue weighted by Gasteiger charge is 2.21. The fourth-order valence-corrected chi connectivity index (χ4v) is 2.87. The zero-order valence-corrected chi connectivity index (χ0v) is 11.3. The molecule has 1 unspecified atom stereocenters. The molecule has 2 heterocycles. The lowest BCUT2D eigenvalue weighted by Gasteiger charge is -2.11. The minimum atomic E-state index is -0.0298. The molecule has 1 atom stereocenters. The molecule has 0 amide bonds. The number of ether oxygens (including phenoxy) is 1. The van der Waals surface area contributed by atoms with Crippen molar-refractivity contribution in [3.8, 4) is 5.75 Å². The molecule has 0 radical (unpaired) electrons. The summed E-state index contributed by atoms with van der Waals surface area (Å²) in [6.07, 6.45) is 1.15. The van der Waals surface area contributed by atoms with Crippen LogP contribution in [0.25, 0.3) is 11.0 Å². The molecule has 102 valence electrons. The van der Waals surface area contributed by atoms with Gasteiger partial charge in [0.2, 0.25) is 0 Å². The second kappa shape index (κ2) is 4.74. The number of hydrogen-bond acceptors (Lipinski definition) is 3. The van der Waals surface area contributed by atoms with Crippen LogP contribution < -0.4 is 10.4 Å². The molecular formula is C14H19N3O2. The Hall–Kier alpha value is -1.75. The summed E-state index contributed by atoms with van der Waals surface area (Å²) in [5.74, 6) is 1.33. The SMILES string of the molecule is COc1ccc2[nH]c(=O)n(CC3CCN(C)C3)c2c1. The number of benzene rings is 1. The largest absolute Gasteiger partial charge is 0.497 e. The number of nitrogens with one attached hydrogen (secondary N) is 1. The molecule has 1 aromatic heterocycles. The second-order valence-corrected chi connectivity index (χ2v) is 5.34. The van der Waals surface area contributed by atoms with E-state index in [1.54, 1.807) is 7.11 Å². The van der Waals surface area contributed by atoms with E-state index in [1.807, 2.05) is 22.8 Å². The smallest absolute Gasteiger partial charge is 0.326 e. The Labute approximate surface area is 111 Å². The van der Waals surface area contributed by atoms with Gasteiger partial charge in [0.05, 0.1) is 18.1 Å². The lowest BCUT2D eigenvalue weighted by Crippen LogP contribution is -2.23. The van der Waals surface area contributed by atoms with Gasteiger partial charge in [0.15, 0.2) is 0 Å². The third kappa shape index (κ3) is 2.26. The van der Waals surface area contributed by atoms with Gasteiger partial charge in [-0.1, -0.05) is 0 Å². The van der Waals surface area contributed by atoms with Crippen LogP contribution >= 0.6 is 0 Å². The number of methoxy groups -OCH3 is 1. The number of aromatic nitrogens is 2. The van der Waals surface area contributed by atoms with Crippen molar-refractivity contribution in [1.29, 1.82) is 0 Å². The van der Waals surface area contributed by atoms with Gasteiger partial charge in [0, 0.05) is 19.2 Å². The Bertz CT molecular complexity index is 644. The zero-order valence-electron chi connectivity index (χ0n) is 11.3. The Balaban J connectivity index is 1.97. The first kappa shape index (κ1) is 12.3. The molecule has 1 saturated heterocycles. The van der Waals surface area contributed by atoms with E-state index in [-0.39, 0.29) is 5.69 Å². The van der Waals surface area contributed by atoms with Crippen LogP contribution in [0.1, 0.15) is 6.42 Å². The van der Waals surface area contributed by atoms with Gasteiger partial charge in [0.25, 0.3) is 0 Å². The van der Waals surface area contributed by atoms with Crippen LogP contribution in [-0.2, 0) is 6.54 Å². The molecular weight excluding hydrogens is 242 g/mol. The highest BCUT2D eigenvalue weighted by molar-refractivity contribution is 5.77. The normalized spacial score (nSPS) is 20.2. The number of H-pyrrole nitrogens is 1. The summed E-state index contributed by atoms with van der Waals surface area (Å²) in [7, 11) is 3.77. The fourth-order valence-electron chi connectivity index (χ4n) is 2.87. The number of hydrogen-bond donors (Lipinski definition) is 1. The van der Waals surface area contributed by atoms with Crippen molar-refractivity contribution < 1.29 is 4.74 Å². The minimum Gasteiger partial charge on any atom is -0.497 e. The van der Waals surface area contributed by atoms with Crippen LogP contribution in [0.2, 0.25) is 0 Å². The maximum atomic E-state index is 12.1. The van der Waals surface area contributed by atoms with Crippen LogP contribution in [0.4, 0.5) is 0 Å². The summed E-state index contributed by atoms with van der Waals surface area (Å²) < 4.78 is 7.07. The van der Waals surface area contributed by atoms with Gasteiger partial charge in [-0.15, -0.1) is 0 Å². The average molecular weight is 261 g/mol. The number of rotatable bonds is 3. The summed E-state index contributed by atoms with van der Waals surface area (Å²) in [5, 5.41) is 0. The van der Waals surface area contributed by atoms with Crippen LogP contribution in [0, 0.1) is 5.92 Å². The molecule has 0 aliphatic carbocycles. The third-order valence-corrected chi connectivity index (χ3v) is 3.91. The highest BCUT2D eigenvalue weighted by atomic mass is 16.5. The highest BCUT2D eigenvalue weighted by Crippen LogP contribution is 2.21. The molecule has 3 rings (SSSR count). The number of nitrogens with zero attached hydrogens (tertiary/aromatic N) is 2. The van der Waals surface area contributed by atoms with Gasteiger partial charge in [0.1, 0.15) is 5.75 Å². The topological polar surface area (TPSA) is 50.3 Å². The number of aromatic amines is 1. The van der Waals surface area contributed by atoms with E-state index in [4.69, 9.17) is 4.74 Å². The molecule has 1 fully saturated rings. The molecule has 1 N–H and O–H groups in total. The summed E-state index contributed by atoms with van der Waals surface area (Å²) in [4.78, 5) is 17.3. The van der Waals surface area contributed by atoms with Crippen molar-refractivity contribution in [2.45, 2.75) is 13.0 Å². The average Bonchev–Trinajstić information content (AvgIpc) is 2.94. The molecule has 2 aromatic rings. The van der Waals surface area contributed by atoms with Gasteiger partial charge in [-0.05, 0) is 38.1 Å². The second-order valence-electron chi connectivity index (χ2n) is 5.34. The lowest BCUT2D eigenvalue weighted by atomic mass is 10.1. The van der Waals surface area contributed by atoms with Gasteiger partial charge in [-0.2, -0.15) is 0 Å². The van der Waals surface area contributed by atoms with E-state index >= 15 is 0 Å². The van der Waals surface area contributed by atoms with E-state index in [2.05, 4.69) is 16.9 Å². The summed E-state index contributed by atoms with van der Waals surface area (Å²) >= 11 is 0. The van der Waals surface area contributed by atoms with Crippen molar-refractivity contribution in [2.24, 2.45) is 5.92 Å². The van der Waals surface area contributed by atoms with Crippen LogP contribution in [0.15, 0.2) is 23.0 Å². The predicted octanol–water partition coefficient (Wildman–Crippen LogP) is 1.29. The van der Waals surface area contributed by atoms with E-state index < -0.39 is 0 Å². The Kier molecular flexibility index (Phi) is 3.06. The molecule has 0 spiro atoms. The molecule has 1 aliphatic heterocycles. The first-order valence-electron chi connectivity index (χ1n) is 6.62. The van der Waals surface area contributed by atoms with Crippen molar-refractivity contribution in [3.05, 3.63) is 28.7 Å². The molecule has 5 heteroatoms. The van der Waals surface area contributed by atoms with Gasteiger partial charge in [-0.25, -0.2) is 4.79 Å². The Morgan fingerprint density at radius 1 is 1.47 bits per heavy atom. The first-order valence-corrected chi connectivity index (χ1v) is 6.62. The predicted molar refractivity (Wildman–Crippen MR) is 74.7 cm³/mol. The van der Waals surface area contributed by atoms with E-state index in [0.29, 0.717) is 5.92 Å². The number of fused-ring (bicyclic) bond motifs is 1. The molecule has 1 aliphatic rings. The maximum absolute atomic E-state index is 12.1. The van der Waals surface area contributed by atoms with Crippen molar-refractivity contribution in [2.75, 3.05) is 27.2 Å². The van der Waals surface area contributed by atoms with E-state index in [0.717, 1.165) is 42.8 Å². The maximum Gasteiger partial charge on any atom is 0.326 e. The van der Waals surface area contributed by atoms with Gasteiger partial charge >= 0.3 is 5.69 Å². The molecule has 5 nitrogen and oxygen atoms in total. The zero-order chi connectivity index (χ0) is 13.4. The third-order valence-electron chi connectivity index (χ3n) is 3.91. The van der Waals surface area contributed by atoms with E-state index in [9.17, 15) is 4.79 Å². The summed E-state index contributed by atoms with van der Waals surface area (Å²) in [5.41, 5.74) is 1.77. The van der Waals surface area contributed by atoms with Crippen molar-refractivity contribution >= 4 is 11.0 Å². The fraction of sp³-hybridized carbons (Fsp3) is 0.500. The summed E-state index contributed by atoms with van der Waals surface area (Å²) in [6, 6.07) is 5.69. The number of imidazole rings is 1. The molecule has 0 bridgehead atoms. The van der Waals surface area contributed by atoms with Crippen molar-refractivity contribution in [1.82, 2.24) is 14.5 Å². The number of likely N-dealkylation sites (tertiary alicyclic amines) is 1. The molecule has 19 heavy (non-hydrogen) atoms. The van der Waals surface area contributed by atoms with Crippen LogP contribution in [0.5, 0.6) is 5.75 Å². The lowest BCUT2D eigenvalue weighted by molar-refractivity contribution is 0.378. The van der Waals surface area contributed by atoms with Gasteiger partial charge < -0.3 is 14.6 Å². The van der Waals surface area contributed by atoms with E-state index in [1.165, 1.54) is 0 Å². The first-order chi connectivity index (χ1) is 9.17. The molecule has 0 saturated carbocycles. The van der Waals surface area contributed by atoms with Crippen molar-refractivity contribution in [3.63, 3.8) is 0 Å². The monoisotopic (exact) mass is 261 g/mol. The quantitative estimate of drug-likeness (QED) is 0.905. The molecule has 1 aromatic carbocycles. The standard InChI is InChI=1S/C14H19N3O2/c1-16-6-5-10(8-16)9-17-13-7-11(19-2)3-4-12(13)15-14(17)18/h3-4,7,10H,5-6,8-9H2,1-2H3,(H,15,18). The van der Waals surface area contributed by atoms with Crippen LogP contribution in [-0.4, -0.2) is 41.7 Å².